The number of carbonyl (C=O) groups excluding carboxylic acids is 2. The van der Waals surface area contributed by atoms with Gasteiger partial charge in [-0.3, -0.25) is 19.1 Å². The Morgan fingerprint density at radius 2 is 1.84 bits per heavy atom. The van der Waals surface area contributed by atoms with Crippen LogP contribution in [0.2, 0.25) is 0 Å². The number of ether oxygens (including phenoxy) is 1. The van der Waals surface area contributed by atoms with Crippen molar-refractivity contribution in [3.63, 3.8) is 0 Å². The summed E-state index contributed by atoms with van der Waals surface area (Å²) in [6.07, 6.45) is 1.09. The van der Waals surface area contributed by atoms with Crippen LogP contribution in [0.3, 0.4) is 0 Å². The predicted molar refractivity (Wildman–Crippen MR) is 165 cm³/mol. The maximum Gasteiger partial charge on any atom is 0.326 e. The Bertz CT molecular complexity index is 1650. The summed E-state index contributed by atoms with van der Waals surface area (Å²) in [5.74, 6) is 1.59. The summed E-state index contributed by atoms with van der Waals surface area (Å²) >= 11 is 0. The Balaban J connectivity index is 1.33. The number of carbonyl (C=O) groups is 2. The van der Waals surface area contributed by atoms with Crippen LogP contribution in [0.15, 0.2) is 71.7 Å². The van der Waals surface area contributed by atoms with Crippen molar-refractivity contribution in [3.05, 3.63) is 101 Å². The van der Waals surface area contributed by atoms with Gasteiger partial charge in [0.1, 0.15) is 11.6 Å². The molecule has 11 heteroatoms. The average molecular weight is 577 g/mol. The van der Waals surface area contributed by atoms with Crippen LogP contribution >= 0.6 is 0 Å². The molecule has 1 aliphatic rings. The zero-order chi connectivity index (χ0) is 30.3. The van der Waals surface area contributed by atoms with Crippen LogP contribution in [-0.2, 0) is 4.79 Å². The minimum atomic E-state index is -0.707. The van der Waals surface area contributed by atoms with Crippen LogP contribution in [0.1, 0.15) is 71.0 Å². The average Bonchev–Trinajstić information content (AvgIpc) is 3.35. The number of fused-ring (bicyclic) bond motifs is 3. The lowest BCUT2D eigenvalue weighted by Crippen LogP contribution is -2.28. The maximum atomic E-state index is 12.5. The number of nitrogens with one attached hydrogen (secondary N) is 2. The fourth-order valence-electron chi connectivity index (χ4n) is 4.87. The molecule has 2 amide bonds. The van der Waals surface area contributed by atoms with E-state index >= 15 is 0 Å². The number of nitrogens with zero attached hydrogens (tertiary/aromatic N) is 4. The van der Waals surface area contributed by atoms with Gasteiger partial charge in [-0.1, -0.05) is 60.4 Å². The van der Waals surface area contributed by atoms with E-state index in [4.69, 9.17) is 9.73 Å². The third kappa shape index (κ3) is 6.84. The molecule has 0 bridgehead atoms. The quantitative estimate of drug-likeness (QED) is 0.186. The van der Waals surface area contributed by atoms with Gasteiger partial charge in [-0.05, 0) is 51.0 Å². The molecule has 0 spiro atoms. The Morgan fingerprint density at radius 1 is 1.02 bits per heavy atom. The van der Waals surface area contributed by atoms with Gasteiger partial charge in [-0.25, -0.2) is 0 Å². The van der Waals surface area contributed by atoms with E-state index in [-0.39, 0.29) is 11.8 Å². The van der Waals surface area contributed by atoms with Crippen molar-refractivity contribution >= 4 is 30.5 Å². The van der Waals surface area contributed by atoms with Gasteiger partial charge in [0.05, 0.1) is 18.0 Å². The minimum Gasteiger partial charge on any atom is -0.494 e. The molecule has 0 saturated carbocycles. The first kappa shape index (κ1) is 29.7. The monoisotopic (exact) mass is 577 g/mol. The van der Waals surface area contributed by atoms with E-state index in [0.717, 1.165) is 48.4 Å². The van der Waals surface area contributed by atoms with E-state index in [2.05, 4.69) is 20.8 Å². The first-order valence-electron chi connectivity index (χ1n) is 14.4. The van der Waals surface area contributed by atoms with Crippen molar-refractivity contribution in [2.45, 2.75) is 46.2 Å². The summed E-state index contributed by atoms with van der Waals surface area (Å²) in [6.45, 7) is 6.68. The van der Waals surface area contributed by atoms with Gasteiger partial charge < -0.3 is 20.4 Å². The number of benzene rings is 3. The Labute approximate surface area is 251 Å². The molecular weight excluding hydrogens is 543 g/mol. The third-order valence-electron chi connectivity index (χ3n) is 7.18. The fraction of sp³-hybridized carbons (Fsp3) is 0.281. The molecule has 5 rings (SSSR count). The largest absolute Gasteiger partial charge is 0.494 e. The molecule has 43 heavy (non-hydrogen) atoms. The van der Waals surface area contributed by atoms with E-state index in [1.54, 1.807) is 31.2 Å². The Kier molecular flexibility index (Phi) is 9.31. The van der Waals surface area contributed by atoms with Gasteiger partial charge >= 0.3 is 7.48 Å². The van der Waals surface area contributed by atoms with Crippen LogP contribution < -0.4 is 20.8 Å². The number of aromatic nitrogens is 3. The van der Waals surface area contributed by atoms with Crippen LogP contribution in [0.5, 0.6) is 5.75 Å². The second-order valence-electron chi connectivity index (χ2n) is 10.4. The molecular formula is C32H34BN6O4. The van der Waals surface area contributed by atoms with E-state index in [0.29, 0.717) is 48.0 Å². The number of rotatable bonds is 11. The molecule has 1 radical (unpaired) electrons. The number of hydrogen-bond donors (Lipinski definition) is 3. The van der Waals surface area contributed by atoms with Crippen LogP contribution in [0, 0.1) is 13.8 Å². The van der Waals surface area contributed by atoms with Crippen molar-refractivity contribution in [3.8, 4) is 11.4 Å². The highest BCUT2D eigenvalue weighted by Crippen LogP contribution is 2.32. The van der Waals surface area contributed by atoms with E-state index in [9.17, 15) is 14.6 Å². The normalized spacial score (nSPS) is 13.7. The third-order valence-corrected chi connectivity index (χ3v) is 7.18. The zero-order valence-electron chi connectivity index (χ0n) is 24.5. The first-order chi connectivity index (χ1) is 20.9. The molecule has 3 N–H and O–H groups in total. The molecule has 2 heterocycles. The van der Waals surface area contributed by atoms with Crippen LogP contribution in [-0.4, -0.2) is 57.9 Å². The second kappa shape index (κ2) is 13.5. The molecule has 1 unspecified atom stereocenters. The SMILES string of the molecule is CCC(=O)NC1N=C(c2ccc(C)cc2)c2cc(OCCCCNC(=O)c3cccc([B]O)c3)ccc2-n2c(C)nnc21. The molecule has 1 atom stereocenters. The van der Waals surface area contributed by atoms with Crippen molar-refractivity contribution in [1.29, 1.82) is 0 Å². The standard InChI is InChI=1S/C32H34BN6O4/c1-4-28(40)35-30-31-38-37-21(3)39(31)27-15-14-25(19-26(27)29(36-30)22-12-10-20(2)11-13-22)43-17-6-5-16-34-32(41)23-8-7-9-24(18-23)33-42/h7-15,18-19,30,42H,4-6,16-17H2,1-3H3,(H,34,41)(H,35,40). The molecule has 3 aromatic carbocycles. The highest BCUT2D eigenvalue weighted by atomic mass is 16.5. The maximum absolute atomic E-state index is 12.5. The lowest BCUT2D eigenvalue weighted by Gasteiger charge is -2.15. The summed E-state index contributed by atoms with van der Waals surface area (Å²) in [5, 5.41) is 23.7. The van der Waals surface area contributed by atoms with E-state index < -0.39 is 6.17 Å². The number of amides is 2. The van der Waals surface area contributed by atoms with Gasteiger partial charge in [0.15, 0.2) is 12.0 Å². The molecule has 1 aromatic heterocycles. The molecule has 0 fully saturated rings. The van der Waals surface area contributed by atoms with Crippen LogP contribution in [0.4, 0.5) is 0 Å². The topological polar surface area (TPSA) is 131 Å². The molecule has 10 nitrogen and oxygen atoms in total. The Morgan fingerprint density at radius 3 is 2.60 bits per heavy atom. The van der Waals surface area contributed by atoms with Crippen molar-refractivity contribution in [2.24, 2.45) is 4.99 Å². The summed E-state index contributed by atoms with van der Waals surface area (Å²) in [4.78, 5) is 29.9. The van der Waals surface area contributed by atoms with Gasteiger partial charge in [0, 0.05) is 29.7 Å². The van der Waals surface area contributed by atoms with Gasteiger partial charge in [-0.15, -0.1) is 10.2 Å². The highest BCUT2D eigenvalue weighted by molar-refractivity contribution is 6.45. The predicted octanol–water partition coefficient (Wildman–Crippen LogP) is 3.09. The molecule has 0 saturated heterocycles. The van der Waals surface area contributed by atoms with Crippen molar-refractivity contribution in [2.75, 3.05) is 13.2 Å². The van der Waals surface area contributed by atoms with Gasteiger partial charge in [-0.2, -0.15) is 0 Å². The number of unbranched alkanes of at least 4 members (excludes halogenated alkanes) is 1. The second-order valence-corrected chi connectivity index (χ2v) is 10.4. The molecule has 0 aliphatic carbocycles. The van der Waals surface area contributed by atoms with Crippen molar-refractivity contribution in [1.82, 2.24) is 25.4 Å². The van der Waals surface area contributed by atoms with Gasteiger partial charge in [0.2, 0.25) is 5.91 Å². The lowest BCUT2D eigenvalue weighted by molar-refractivity contribution is -0.121. The summed E-state index contributed by atoms with van der Waals surface area (Å²) in [7, 11) is 0.973. The minimum absolute atomic E-state index is 0.132. The van der Waals surface area contributed by atoms with E-state index in [1.807, 2.05) is 60.9 Å². The number of aliphatic imine (C=N–C) groups is 1. The smallest absolute Gasteiger partial charge is 0.326 e. The van der Waals surface area contributed by atoms with Gasteiger partial charge in [0.25, 0.3) is 5.91 Å². The Hall–Kier alpha value is -4.77. The number of aryl methyl sites for hydroxylation is 2. The summed E-state index contributed by atoms with van der Waals surface area (Å²) in [6, 6.07) is 20.8. The summed E-state index contributed by atoms with van der Waals surface area (Å²) in [5.41, 5.74) is 5.53. The fourth-order valence-corrected chi connectivity index (χ4v) is 4.87. The molecule has 1 aliphatic heterocycles. The highest BCUT2D eigenvalue weighted by Gasteiger charge is 2.29. The molecule has 219 valence electrons. The van der Waals surface area contributed by atoms with E-state index in [1.165, 1.54) is 0 Å². The van der Waals surface area contributed by atoms with Crippen LogP contribution in [0.25, 0.3) is 5.69 Å². The summed E-state index contributed by atoms with van der Waals surface area (Å²) < 4.78 is 8.07. The lowest BCUT2D eigenvalue weighted by atomic mass is 9.87. The number of hydrogen-bond acceptors (Lipinski definition) is 7. The van der Waals surface area contributed by atoms with Crippen molar-refractivity contribution < 1.29 is 19.3 Å². The molecule has 4 aromatic rings. The zero-order valence-corrected chi connectivity index (χ0v) is 24.5. The first-order valence-corrected chi connectivity index (χ1v) is 14.4.